The number of rotatable bonds is 5. The first-order valence-corrected chi connectivity index (χ1v) is 19.1. The summed E-state index contributed by atoms with van der Waals surface area (Å²) in [6.07, 6.45) is 0.0582. The van der Waals surface area contributed by atoms with Crippen molar-refractivity contribution in [1.29, 1.82) is 0 Å². The Morgan fingerprint density at radius 3 is 1.81 bits per heavy atom. The molecule has 0 bridgehead atoms. The maximum atomic E-state index is 7.55. The van der Waals surface area contributed by atoms with E-state index in [9.17, 15) is 0 Å². The van der Waals surface area contributed by atoms with Crippen LogP contribution >= 0.6 is 19.4 Å². The van der Waals surface area contributed by atoms with Crippen LogP contribution in [0.2, 0.25) is 0 Å². The Balaban J connectivity index is 2.16. The van der Waals surface area contributed by atoms with Crippen molar-refractivity contribution < 1.29 is 16.6 Å². The van der Waals surface area contributed by atoms with Gasteiger partial charge in [-0.1, -0.05) is 0 Å². The van der Waals surface area contributed by atoms with E-state index in [0.717, 1.165) is 28.8 Å². The predicted molar refractivity (Wildman–Crippen MR) is 160 cm³/mol. The van der Waals surface area contributed by atoms with E-state index in [0.29, 0.717) is 4.48 Å². The van der Waals surface area contributed by atoms with Crippen molar-refractivity contribution in [1.82, 2.24) is 9.80 Å². The molecule has 1 N–H and O–H groups in total. The molecular weight excluding hydrogens is 588 g/mol. The molecule has 3 aromatic carbocycles. The van der Waals surface area contributed by atoms with Gasteiger partial charge >= 0.3 is 234 Å². The van der Waals surface area contributed by atoms with Crippen molar-refractivity contribution in [3.63, 3.8) is 0 Å². The topological polar surface area (TPSA) is 21.3 Å². The van der Waals surface area contributed by atoms with Crippen molar-refractivity contribution in [2.45, 2.75) is 61.5 Å². The first-order chi connectivity index (χ1) is 17.4. The molecule has 0 aromatic heterocycles. The van der Waals surface area contributed by atoms with Crippen LogP contribution in [0.3, 0.4) is 0 Å². The van der Waals surface area contributed by atoms with E-state index in [1.165, 1.54) is 44.8 Å². The fraction of sp³-hybridized carbons (Fsp3) is 0.355. The van der Waals surface area contributed by atoms with Gasteiger partial charge in [-0.15, -0.1) is 0 Å². The van der Waals surface area contributed by atoms with Crippen LogP contribution in [0.1, 0.15) is 52.8 Å². The number of quaternary nitrogens is 1. The van der Waals surface area contributed by atoms with Crippen LogP contribution in [0.15, 0.2) is 48.5 Å². The zero-order chi connectivity index (χ0) is 27.1. The molecule has 6 heteroatoms. The number of hydrogen-bond acceptors (Lipinski definition) is 2. The number of nitrogens with zero attached hydrogens (tertiary/aromatic N) is 1. The average molecular weight is 628 g/mol. The zero-order valence-electron chi connectivity index (χ0n) is 23.2. The molecule has 37 heavy (non-hydrogen) atoms. The summed E-state index contributed by atoms with van der Waals surface area (Å²) in [6, 6.07) is 17.2. The number of nitrogens with one attached hydrogen (secondary N) is 1. The molecule has 4 rings (SSSR count). The van der Waals surface area contributed by atoms with Crippen molar-refractivity contribution in [3.8, 4) is 5.75 Å². The van der Waals surface area contributed by atoms with Gasteiger partial charge in [0.25, 0.3) is 0 Å². The van der Waals surface area contributed by atoms with Crippen LogP contribution in [-0.4, -0.2) is 28.2 Å². The Morgan fingerprint density at radius 2 is 1.32 bits per heavy atom. The predicted octanol–water partition coefficient (Wildman–Crippen LogP) is 7.97. The van der Waals surface area contributed by atoms with Gasteiger partial charge in [-0.25, -0.2) is 0 Å². The van der Waals surface area contributed by atoms with E-state index in [1.54, 1.807) is 0 Å². The number of aryl methyl sites for hydroxylation is 6. The van der Waals surface area contributed by atoms with Crippen LogP contribution in [0.5, 0.6) is 5.75 Å². The molecule has 1 aliphatic heterocycles. The van der Waals surface area contributed by atoms with E-state index >= 15 is 0 Å². The average Bonchev–Trinajstić information content (AvgIpc) is 3.19. The summed E-state index contributed by atoms with van der Waals surface area (Å²) in [5.74, 6) is 0.811. The molecule has 1 aliphatic rings. The van der Waals surface area contributed by atoms with Gasteiger partial charge in [-0.3, -0.25) is 0 Å². The van der Waals surface area contributed by atoms with Crippen LogP contribution in [-0.2, 0) is 11.9 Å². The Hall–Kier alpha value is -1.68. The normalized spacial score (nSPS) is 15.8. The first kappa shape index (κ1) is 28.3. The Kier molecular flexibility index (Phi) is 8.29. The third-order valence-corrected chi connectivity index (χ3v) is 12.5. The molecule has 0 amide bonds. The number of benzene rings is 3. The number of hydrogen-bond donors (Lipinski definition) is 1. The van der Waals surface area contributed by atoms with Gasteiger partial charge in [0.05, 0.1) is 0 Å². The molecule has 0 atom stereocenters. The molecule has 0 unspecified atom stereocenters. The molecule has 200 valence electrons. The molecule has 3 aromatic rings. The van der Waals surface area contributed by atoms with Gasteiger partial charge in [-0.05, 0) is 0 Å². The van der Waals surface area contributed by atoms with Crippen LogP contribution in [0.25, 0.3) is 0 Å². The molecule has 0 aliphatic carbocycles. The summed E-state index contributed by atoms with van der Waals surface area (Å²) in [5.41, 5.74) is 11.0. The quantitative estimate of drug-likeness (QED) is 0.229. The molecule has 1 saturated heterocycles. The summed E-state index contributed by atoms with van der Waals surface area (Å²) in [4.78, 5) is 0. The molecule has 1 heterocycles. The standard InChI is InChI=1S/C21H27N2.C10H12O.2ClH.Ru/c1-14-9-16(3)20(17(4)10-14)23(8-7-22-13-23)21-18(5)11-15(2)12-19(21)6;1-8(2)11-10-7-5-4-6-9(10)3;;;/h9-12,22H,7-8H2,1-6H3;3-8H,1-2H3;2*1H;/q+1;;;;+2/p-2. The summed E-state index contributed by atoms with van der Waals surface area (Å²) in [5, 5.41) is 3.73. The number of ether oxygens (including phenoxy) is 1. The van der Waals surface area contributed by atoms with Crippen molar-refractivity contribution in [2.24, 2.45) is 0 Å². The van der Waals surface area contributed by atoms with Crippen LogP contribution in [0, 0.1) is 41.5 Å². The maximum absolute atomic E-state index is 7.55. The first-order valence-electron chi connectivity index (χ1n) is 12.8. The van der Waals surface area contributed by atoms with E-state index in [1.807, 2.05) is 38.1 Å². The monoisotopic (exact) mass is 627 g/mol. The number of halogens is 2. The van der Waals surface area contributed by atoms with Gasteiger partial charge in [0.1, 0.15) is 0 Å². The molecule has 1 fully saturated rings. The minimum atomic E-state index is -3.62. The van der Waals surface area contributed by atoms with E-state index < -0.39 is 11.9 Å². The Morgan fingerprint density at radius 1 is 0.838 bits per heavy atom. The third-order valence-electron chi connectivity index (χ3n) is 6.82. The summed E-state index contributed by atoms with van der Waals surface area (Å²) in [7, 11) is 15.1. The second-order valence-electron chi connectivity index (χ2n) is 10.5. The minimum absolute atomic E-state index is 0.0582. The third kappa shape index (κ3) is 5.42. The molecule has 0 spiro atoms. The second kappa shape index (κ2) is 10.8. The number of para-hydroxylation sites is 1. The fourth-order valence-electron chi connectivity index (χ4n) is 6.01. The van der Waals surface area contributed by atoms with Crippen LogP contribution in [0.4, 0.5) is 11.4 Å². The summed E-state index contributed by atoms with van der Waals surface area (Å²) >= 11 is -3.62. The Bertz CT molecular complexity index is 1370. The van der Waals surface area contributed by atoms with Gasteiger partial charge in [0.2, 0.25) is 0 Å². The van der Waals surface area contributed by atoms with Gasteiger partial charge in [0, 0.05) is 0 Å². The van der Waals surface area contributed by atoms with Crippen molar-refractivity contribution in [3.05, 3.63) is 87.5 Å². The zero-order valence-corrected chi connectivity index (χ0v) is 26.4. The van der Waals surface area contributed by atoms with Gasteiger partial charge in [-0.2, -0.15) is 0 Å². The fourth-order valence-corrected chi connectivity index (χ4v) is 12.2. The van der Waals surface area contributed by atoms with E-state index in [4.69, 9.17) is 24.1 Å². The summed E-state index contributed by atoms with van der Waals surface area (Å²) < 4.78 is 9.77. The van der Waals surface area contributed by atoms with E-state index in [-0.39, 0.29) is 6.10 Å². The van der Waals surface area contributed by atoms with Crippen molar-refractivity contribution in [2.75, 3.05) is 13.1 Å². The van der Waals surface area contributed by atoms with Gasteiger partial charge < -0.3 is 0 Å². The molecule has 3 nitrogen and oxygen atoms in total. The SMILES string of the molecule is Cc1cc(C)c([N+]2(c3c(C)cc(C)cc3C)CCN[C]2=[Ru]([Cl])([Cl])=[CH]c2ccccc2OC(C)C)c(C)c1. The summed E-state index contributed by atoms with van der Waals surface area (Å²) in [6.45, 7) is 18.9. The van der Waals surface area contributed by atoms with Gasteiger partial charge in [0.15, 0.2) is 0 Å². The molecular formula is C31H39Cl2N2ORu+. The molecule has 0 radical (unpaired) electrons. The van der Waals surface area contributed by atoms with Crippen molar-refractivity contribution >= 4 is 39.7 Å². The second-order valence-corrected chi connectivity index (χ2v) is 19.8. The molecule has 0 saturated carbocycles. The van der Waals surface area contributed by atoms with Crippen LogP contribution < -0.4 is 14.5 Å². The Labute approximate surface area is 232 Å². The van der Waals surface area contributed by atoms with E-state index in [2.05, 4.69) is 75.7 Å².